The highest BCUT2D eigenvalue weighted by Crippen LogP contribution is 2.38. The lowest BCUT2D eigenvalue weighted by molar-refractivity contribution is -0.139. The summed E-state index contributed by atoms with van der Waals surface area (Å²) in [5, 5.41) is 2.21. The lowest BCUT2D eigenvalue weighted by atomic mass is 10.0. The van der Waals surface area contributed by atoms with E-state index in [0.717, 1.165) is 12.1 Å². The van der Waals surface area contributed by atoms with Crippen LogP contribution in [0.25, 0.3) is 0 Å². The van der Waals surface area contributed by atoms with E-state index in [1.807, 2.05) is 0 Å². The van der Waals surface area contributed by atoms with Gasteiger partial charge in [0.15, 0.2) is 0 Å². The summed E-state index contributed by atoms with van der Waals surface area (Å²) < 4.78 is 70.0. The quantitative estimate of drug-likeness (QED) is 0.194. The molecule has 4 aromatic rings. The van der Waals surface area contributed by atoms with Gasteiger partial charge in [0.2, 0.25) is 11.8 Å². The number of alkyl halides is 3. The molecule has 0 aliphatic heterocycles. The molecule has 4 rings (SSSR count). The lowest BCUT2D eigenvalue weighted by Gasteiger charge is -2.34. The SMILES string of the molecule is CNC(=O)C(Cc1ccccc1)N(Cc1ccccc1Cl)C(=O)CN(c1ccc(Cl)c(C(F)(F)F)c1)S(=O)(=O)c1ccccc1. The van der Waals surface area contributed by atoms with Crippen molar-refractivity contribution in [3.05, 3.63) is 130 Å². The van der Waals surface area contributed by atoms with Crippen LogP contribution in [0.15, 0.2) is 108 Å². The number of carbonyl (C=O) groups is 2. The van der Waals surface area contributed by atoms with Crippen molar-refractivity contribution in [2.75, 3.05) is 17.9 Å². The molecular weight excluding hydrogens is 650 g/mol. The first-order valence-electron chi connectivity index (χ1n) is 13.6. The van der Waals surface area contributed by atoms with Gasteiger partial charge in [0.1, 0.15) is 12.6 Å². The largest absolute Gasteiger partial charge is 0.417 e. The van der Waals surface area contributed by atoms with Gasteiger partial charge in [-0.2, -0.15) is 13.2 Å². The van der Waals surface area contributed by atoms with Crippen LogP contribution >= 0.6 is 23.2 Å². The number of hydrogen-bond donors (Lipinski definition) is 1. The van der Waals surface area contributed by atoms with Crippen LogP contribution in [-0.4, -0.2) is 44.8 Å². The van der Waals surface area contributed by atoms with Crippen LogP contribution in [0.3, 0.4) is 0 Å². The van der Waals surface area contributed by atoms with Crippen molar-refractivity contribution in [3.8, 4) is 0 Å². The molecule has 0 aliphatic carbocycles. The minimum atomic E-state index is -4.91. The van der Waals surface area contributed by atoms with Gasteiger partial charge in [0.25, 0.3) is 10.0 Å². The molecule has 2 amide bonds. The van der Waals surface area contributed by atoms with Crippen molar-refractivity contribution in [1.29, 1.82) is 0 Å². The Morgan fingerprint density at radius 3 is 2.04 bits per heavy atom. The van der Waals surface area contributed by atoms with Crippen LogP contribution in [0.1, 0.15) is 16.7 Å². The van der Waals surface area contributed by atoms with Crippen molar-refractivity contribution < 1.29 is 31.2 Å². The van der Waals surface area contributed by atoms with E-state index in [0.29, 0.717) is 26.5 Å². The molecule has 1 N–H and O–H groups in total. The number of nitrogens with one attached hydrogen (secondary N) is 1. The molecule has 0 aliphatic rings. The van der Waals surface area contributed by atoms with Crippen molar-refractivity contribution >= 4 is 50.7 Å². The van der Waals surface area contributed by atoms with E-state index in [1.165, 1.54) is 36.2 Å². The fourth-order valence-corrected chi connectivity index (χ4v) is 6.51. The Balaban J connectivity index is 1.85. The Hall–Kier alpha value is -4.06. The summed E-state index contributed by atoms with van der Waals surface area (Å²) >= 11 is 12.2. The summed E-state index contributed by atoms with van der Waals surface area (Å²) in [6.45, 7) is -1.14. The van der Waals surface area contributed by atoms with E-state index >= 15 is 0 Å². The Kier molecular flexibility index (Phi) is 10.8. The van der Waals surface area contributed by atoms with Crippen LogP contribution in [0.5, 0.6) is 0 Å². The molecule has 0 aromatic heterocycles. The molecule has 0 radical (unpaired) electrons. The third-order valence-electron chi connectivity index (χ3n) is 6.97. The van der Waals surface area contributed by atoms with E-state index in [9.17, 15) is 31.2 Å². The fourth-order valence-electron chi connectivity index (χ4n) is 4.66. The molecule has 0 spiro atoms. The van der Waals surface area contributed by atoms with Crippen LogP contribution in [-0.2, 0) is 38.8 Å². The number of hydrogen-bond acceptors (Lipinski definition) is 4. The zero-order valence-electron chi connectivity index (χ0n) is 23.8. The Labute approximate surface area is 269 Å². The minimum absolute atomic E-state index is 0.0569. The van der Waals surface area contributed by atoms with Gasteiger partial charge in [-0.1, -0.05) is 89.9 Å². The third kappa shape index (κ3) is 8.16. The lowest BCUT2D eigenvalue weighted by Crippen LogP contribution is -2.53. The predicted octanol–water partition coefficient (Wildman–Crippen LogP) is 6.59. The normalized spacial score (nSPS) is 12.3. The van der Waals surface area contributed by atoms with Gasteiger partial charge in [-0.05, 0) is 47.5 Å². The highest BCUT2D eigenvalue weighted by Gasteiger charge is 2.37. The van der Waals surface area contributed by atoms with Crippen molar-refractivity contribution in [3.63, 3.8) is 0 Å². The second kappa shape index (κ2) is 14.4. The molecule has 1 atom stereocenters. The van der Waals surface area contributed by atoms with Crippen LogP contribution in [0, 0.1) is 0 Å². The first kappa shape index (κ1) is 33.8. The molecule has 236 valence electrons. The van der Waals surface area contributed by atoms with E-state index in [-0.39, 0.29) is 17.9 Å². The minimum Gasteiger partial charge on any atom is -0.357 e. The first-order chi connectivity index (χ1) is 21.3. The van der Waals surface area contributed by atoms with Crippen molar-refractivity contribution in [2.45, 2.75) is 30.1 Å². The number of likely N-dealkylation sites (N-methyl/N-ethyl adjacent to an activating group) is 1. The number of benzene rings is 4. The number of amides is 2. The smallest absolute Gasteiger partial charge is 0.357 e. The summed E-state index contributed by atoms with van der Waals surface area (Å²) in [4.78, 5) is 28.5. The Morgan fingerprint density at radius 1 is 0.844 bits per heavy atom. The molecular formula is C32H28Cl2F3N3O4S. The van der Waals surface area contributed by atoms with Gasteiger partial charge in [0, 0.05) is 25.0 Å². The Morgan fingerprint density at radius 2 is 1.44 bits per heavy atom. The van der Waals surface area contributed by atoms with Crippen LogP contribution in [0.4, 0.5) is 18.9 Å². The maximum absolute atomic E-state index is 14.3. The summed E-state index contributed by atoms with van der Waals surface area (Å²) in [5.74, 6) is -1.40. The molecule has 1 unspecified atom stereocenters. The second-order valence-electron chi connectivity index (χ2n) is 9.92. The van der Waals surface area contributed by atoms with Gasteiger partial charge < -0.3 is 10.2 Å². The highest BCUT2D eigenvalue weighted by molar-refractivity contribution is 7.92. The molecule has 45 heavy (non-hydrogen) atoms. The molecule has 13 heteroatoms. The zero-order valence-corrected chi connectivity index (χ0v) is 26.2. The number of sulfonamides is 1. The molecule has 0 heterocycles. The molecule has 0 bridgehead atoms. The van der Waals surface area contributed by atoms with E-state index in [1.54, 1.807) is 60.7 Å². The molecule has 0 saturated heterocycles. The fraction of sp³-hybridized carbons (Fsp3) is 0.188. The number of rotatable bonds is 11. The molecule has 0 fully saturated rings. The summed E-state index contributed by atoms with van der Waals surface area (Å²) in [5.41, 5.74) is -0.536. The van der Waals surface area contributed by atoms with Crippen LogP contribution in [0.2, 0.25) is 10.0 Å². The predicted molar refractivity (Wildman–Crippen MR) is 167 cm³/mol. The van der Waals surface area contributed by atoms with Gasteiger partial charge in [-0.3, -0.25) is 13.9 Å². The number of carbonyl (C=O) groups excluding carboxylic acids is 2. The second-order valence-corrected chi connectivity index (χ2v) is 12.6. The zero-order chi connectivity index (χ0) is 32.8. The molecule has 7 nitrogen and oxygen atoms in total. The highest BCUT2D eigenvalue weighted by atomic mass is 35.5. The van der Waals surface area contributed by atoms with Crippen molar-refractivity contribution in [2.24, 2.45) is 0 Å². The van der Waals surface area contributed by atoms with Gasteiger partial charge in [0.05, 0.1) is 21.2 Å². The number of nitrogens with zero attached hydrogens (tertiary/aromatic N) is 2. The van der Waals surface area contributed by atoms with E-state index < -0.39 is 56.9 Å². The summed E-state index contributed by atoms with van der Waals surface area (Å²) in [7, 11) is -3.20. The van der Waals surface area contributed by atoms with Crippen molar-refractivity contribution in [1.82, 2.24) is 10.2 Å². The van der Waals surface area contributed by atoms with Gasteiger partial charge in [-0.25, -0.2) is 8.42 Å². The maximum atomic E-state index is 14.3. The maximum Gasteiger partial charge on any atom is 0.417 e. The third-order valence-corrected chi connectivity index (χ3v) is 9.46. The number of anilines is 1. The van der Waals surface area contributed by atoms with Gasteiger partial charge in [-0.15, -0.1) is 0 Å². The topological polar surface area (TPSA) is 86.8 Å². The average molecular weight is 679 g/mol. The monoisotopic (exact) mass is 677 g/mol. The van der Waals surface area contributed by atoms with Gasteiger partial charge >= 0.3 is 6.18 Å². The average Bonchev–Trinajstić information content (AvgIpc) is 3.02. The molecule has 4 aromatic carbocycles. The van der Waals surface area contributed by atoms with E-state index in [4.69, 9.17) is 23.2 Å². The van der Waals surface area contributed by atoms with E-state index in [2.05, 4.69) is 5.32 Å². The summed E-state index contributed by atoms with van der Waals surface area (Å²) in [6.07, 6.45) is -4.85. The van der Waals surface area contributed by atoms with Crippen LogP contribution < -0.4 is 9.62 Å². The summed E-state index contributed by atoms with van der Waals surface area (Å²) in [6, 6.07) is 23.9. The Bertz CT molecular complexity index is 1760. The first-order valence-corrected chi connectivity index (χ1v) is 15.8. The standard InChI is InChI=1S/C32H28Cl2F3N3O4S/c1-38-31(42)29(18-22-10-4-2-5-11-22)39(20-23-12-8-9-15-27(23)33)30(41)21-40(45(43,44)25-13-6-3-7-14-25)24-16-17-28(34)26(19-24)32(35,36)37/h2-17,19,29H,18,20-21H2,1H3,(H,38,42). The number of halogens is 5. The molecule has 0 saturated carbocycles.